The minimum absolute atomic E-state index is 0. The molecule has 0 atom stereocenters. The summed E-state index contributed by atoms with van der Waals surface area (Å²) < 4.78 is 177. The molecule has 0 spiro atoms. The molecule has 382 valence electrons. The Balaban J connectivity index is 0.00000936. The number of aromatic nitrogens is 4. The normalized spacial score (nSPS) is 15.9. The van der Waals surface area contributed by atoms with Crippen LogP contribution >= 0.6 is 0 Å². The third-order valence-corrected chi connectivity index (χ3v) is 13.7. The molecule has 0 N–H and O–H groups in total. The second kappa shape index (κ2) is 20.1. The fraction of sp³-hybridized carbons (Fsp3) is 0.155. The third-order valence-electron chi connectivity index (χ3n) is 13.7. The van der Waals surface area contributed by atoms with Gasteiger partial charge in [0.05, 0.1) is 30.4 Å². The summed E-state index contributed by atoms with van der Waals surface area (Å²) in [6.07, 6.45) is 4.75. The first-order valence-electron chi connectivity index (χ1n) is 34.2. The van der Waals surface area contributed by atoms with Crippen LogP contribution in [0.1, 0.15) is 95.4 Å². The van der Waals surface area contributed by atoms with Crippen LogP contribution in [-0.4, -0.2) is 14.1 Å². The summed E-state index contributed by atoms with van der Waals surface area (Å²) in [5.74, 6) is 0.433. The molecule has 0 radical (unpaired) electrons. The number of fused-ring (bicyclic) bond motifs is 4. The van der Waals surface area contributed by atoms with E-state index in [2.05, 4.69) is 45.3 Å². The molecule has 5 nitrogen and oxygen atoms in total. The first-order chi connectivity index (χ1) is 44.4. The summed E-state index contributed by atoms with van der Waals surface area (Å²) in [6, 6.07) is 39.4. The summed E-state index contributed by atoms with van der Waals surface area (Å²) in [7, 11) is 0. The number of benzene rings is 9. The molecular formula is C71H60N4OPt-2. The first kappa shape index (κ1) is 33.1. The molecule has 0 saturated heterocycles. The molecule has 0 amide bonds. The molecule has 12 aromatic rings. The minimum Gasteiger partial charge on any atom is -0.510 e. The third kappa shape index (κ3) is 9.53. The van der Waals surface area contributed by atoms with Crippen LogP contribution in [0.15, 0.2) is 200 Å². The van der Waals surface area contributed by atoms with E-state index >= 15 is 0 Å². The van der Waals surface area contributed by atoms with E-state index in [1.54, 1.807) is 62.2 Å². The van der Waals surface area contributed by atoms with Gasteiger partial charge in [0.2, 0.25) is 0 Å². The van der Waals surface area contributed by atoms with Crippen molar-refractivity contribution < 1.29 is 56.4 Å². The zero-order valence-electron chi connectivity index (χ0n) is 61.8. The van der Waals surface area contributed by atoms with Crippen molar-refractivity contribution in [1.82, 2.24) is 14.1 Å². The van der Waals surface area contributed by atoms with E-state index in [1.807, 2.05) is 75.4 Å². The van der Waals surface area contributed by atoms with Crippen molar-refractivity contribution >= 4 is 32.8 Å². The van der Waals surface area contributed by atoms with E-state index in [0.717, 1.165) is 22.1 Å². The average Bonchev–Trinajstić information content (AvgIpc) is 1.53. The largest absolute Gasteiger partial charge is 0.510 e. The fourth-order valence-corrected chi connectivity index (χ4v) is 9.80. The number of hydrogen-bond donors (Lipinski definition) is 0. The number of ether oxygens (including phenoxy) is 1. The van der Waals surface area contributed by atoms with Gasteiger partial charge in [-0.05, 0) is 127 Å². The molecule has 0 saturated carbocycles. The Labute approximate surface area is 494 Å². The molecule has 3 heterocycles. The Morgan fingerprint density at radius 3 is 1.92 bits per heavy atom. The zero-order valence-corrected chi connectivity index (χ0v) is 45.1. The van der Waals surface area contributed by atoms with E-state index in [1.165, 1.54) is 30.5 Å². The molecule has 3 aromatic heterocycles. The minimum atomic E-state index is -2.86. The van der Waals surface area contributed by atoms with Gasteiger partial charge in [-0.15, -0.1) is 29.7 Å². The van der Waals surface area contributed by atoms with Gasteiger partial charge >= 0.3 is 0 Å². The van der Waals surface area contributed by atoms with Gasteiger partial charge in [-0.25, -0.2) is 4.98 Å². The Morgan fingerprint density at radius 2 is 1.21 bits per heavy atom. The van der Waals surface area contributed by atoms with E-state index in [0.29, 0.717) is 44.4 Å². The maximum Gasteiger partial charge on any atom is 0.268 e. The molecule has 0 unspecified atom stereocenters. The van der Waals surface area contributed by atoms with Crippen molar-refractivity contribution in [3.63, 3.8) is 0 Å². The Morgan fingerprint density at radius 1 is 0.545 bits per heavy atom. The molecular weight excluding hydrogens is 1120 g/mol. The van der Waals surface area contributed by atoms with Crippen LogP contribution in [-0.2, 0) is 31.9 Å². The number of imidazole rings is 1. The van der Waals surface area contributed by atoms with Crippen LogP contribution in [0.25, 0.3) is 94.5 Å². The fourth-order valence-electron chi connectivity index (χ4n) is 9.80. The molecule has 0 fully saturated rings. The van der Waals surface area contributed by atoms with Crippen molar-refractivity contribution in [3.8, 4) is 73.2 Å². The van der Waals surface area contributed by atoms with Crippen LogP contribution in [0.3, 0.4) is 0 Å². The van der Waals surface area contributed by atoms with Crippen molar-refractivity contribution in [2.75, 3.05) is 0 Å². The number of hydrogen-bond acceptors (Lipinski definition) is 2. The zero-order chi connectivity index (χ0) is 68.7. The van der Waals surface area contributed by atoms with E-state index in [9.17, 15) is 2.74 Å². The van der Waals surface area contributed by atoms with Gasteiger partial charge in [0.1, 0.15) is 5.82 Å². The predicted molar refractivity (Wildman–Crippen MR) is 313 cm³/mol. The summed E-state index contributed by atoms with van der Waals surface area (Å²) in [6.45, 7) is 3.94. The molecule has 6 heteroatoms. The monoisotopic (exact) mass is 1200 g/mol. The van der Waals surface area contributed by atoms with Crippen LogP contribution in [0.2, 0.25) is 0 Å². The topological polar surface area (TPSA) is 35.9 Å². The summed E-state index contributed by atoms with van der Waals surface area (Å²) in [4.78, 5) is 4.70. The predicted octanol–water partition coefficient (Wildman–Crippen LogP) is 17.8. The molecule has 77 heavy (non-hydrogen) atoms. The number of pyridine rings is 1. The number of rotatable bonds is 9. The molecule has 0 bridgehead atoms. The smallest absolute Gasteiger partial charge is 0.268 e. The quantitative estimate of drug-likeness (QED) is 0.107. The Bertz CT molecular complexity index is 5080. The van der Waals surface area contributed by atoms with Crippen LogP contribution in [0, 0.1) is 39.0 Å². The van der Waals surface area contributed by atoms with Crippen molar-refractivity contribution in [1.29, 1.82) is 0 Å². The van der Waals surface area contributed by atoms with E-state index < -0.39 is 86.4 Å². The van der Waals surface area contributed by atoms with Crippen LogP contribution in [0.4, 0.5) is 0 Å². The van der Waals surface area contributed by atoms with Gasteiger partial charge in [-0.3, -0.25) is 4.57 Å². The van der Waals surface area contributed by atoms with Gasteiger partial charge in [0.15, 0.2) is 0 Å². The molecule has 0 aliphatic carbocycles. The second-order valence-electron chi connectivity index (χ2n) is 20.7. The number of para-hydroxylation sites is 1. The van der Waals surface area contributed by atoms with Crippen LogP contribution < -0.4 is 9.30 Å². The molecule has 0 aliphatic heterocycles. The summed E-state index contributed by atoms with van der Waals surface area (Å²) >= 11 is 0. The van der Waals surface area contributed by atoms with Crippen LogP contribution in [0.5, 0.6) is 11.5 Å². The van der Waals surface area contributed by atoms with Crippen molar-refractivity contribution in [2.24, 2.45) is 0 Å². The molecule has 0 aliphatic rings. The van der Waals surface area contributed by atoms with Gasteiger partial charge in [-0.2, -0.15) is 18.2 Å². The second-order valence-corrected chi connectivity index (χ2v) is 20.7. The van der Waals surface area contributed by atoms with E-state index in [-0.39, 0.29) is 93.9 Å². The van der Waals surface area contributed by atoms with Gasteiger partial charge in [0, 0.05) is 62.2 Å². The molecule has 12 rings (SSSR count). The molecule has 9 aromatic carbocycles. The summed E-state index contributed by atoms with van der Waals surface area (Å²) in [5.41, 5.74) is 3.82. The Kier molecular flexibility index (Phi) is 8.65. The summed E-state index contributed by atoms with van der Waals surface area (Å²) in [5, 5.41) is 1.42. The SMILES string of the molecule is [2H]c1c([2H])c([2H])c(-c2cnc(-n3c4[c-]c(Oc5[c-]c(-n6[c-][n+](-c7c(-c8cccc(C(C)(C)C)c8)cc(C(C)(C)C)cc7-c7c([2H])c([2H])c([2H])c([2H])c7[2H])c7ccc(-c8c(C([2H])([2H])[2H])cccc8C([2H])([2H])[2H])cc76)ccc5)ccc4c4ccccc43)cc2C([2H])([2H])[2H])c([2H])c1[2H].[Pt]. The first-order valence-corrected chi connectivity index (χ1v) is 24.7. The number of nitrogens with zero attached hydrogens (tertiary/aromatic N) is 4. The van der Waals surface area contributed by atoms with Gasteiger partial charge in [0.25, 0.3) is 6.33 Å². The standard InChI is InChI=1S/C71H60N4O.Pt/c1-46-21-18-22-47(2)68(46)52-33-36-64-66(39-52)73(45-74(64)69-60(49-23-12-10-13-24-49)40-54(71(7,8)9)41-61(69)51-27-19-28-53(38-51)70(4,5)6)55-29-20-30-56(42-55)76-57-34-35-59-58-31-16-17-32-63(58)75(65(59)43-57)67-37-48(3)62(44-72-67)50-25-14-11-15-26-50;/h10-41,44H,1-9H3;/q-2;/i1D3,2D3,3D3,10D,11D,12D,13D,14D,15D,23D,24D,25D,26D;. The average molecular weight is 1200 g/mol. The van der Waals surface area contributed by atoms with Crippen molar-refractivity contribution in [3.05, 3.63) is 246 Å². The Hall–Kier alpha value is -8.11. The van der Waals surface area contributed by atoms with E-state index in [4.69, 9.17) is 33.0 Å². The van der Waals surface area contributed by atoms with Gasteiger partial charge < -0.3 is 13.9 Å². The maximum atomic E-state index is 9.50. The maximum absolute atomic E-state index is 9.50. The van der Waals surface area contributed by atoms with Gasteiger partial charge in [-0.1, -0.05) is 192 Å². The van der Waals surface area contributed by atoms with Crippen molar-refractivity contribution in [2.45, 2.75) is 72.9 Å². The number of aryl methyl sites for hydroxylation is 3.